The van der Waals surface area contributed by atoms with E-state index in [4.69, 9.17) is 5.26 Å². The van der Waals surface area contributed by atoms with Crippen molar-refractivity contribution in [2.75, 3.05) is 37.7 Å². The van der Waals surface area contributed by atoms with E-state index in [9.17, 15) is 23.1 Å². The molecular weight excluding hydrogens is 439 g/mol. The van der Waals surface area contributed by atoms with Crippen molar-refractivity contribution in [2.45, 2.75) is 25.9 Å². The lowest BCUT2D eigenvalue weighted by Gasteiger charge is -2.42. The smallest absolute Gasteiger partial charge is 0.396 e. The first-order valence-electron chi connectivity index (χ1n) is 10.5. The molecule has 170 valence electrons. The number of nitrogens with zero attached hydrogens (tertiary/aromatic N) is 3. The molecule has 1 spiro atoms. The number of amides is 1. The zero-order valence-corrected chi connectivity index (χ0v) is 18.5. The Morgan fingerprint density at radius 1 is 1.28 bits per heavy atom. The second-order valence-electron chi connectivity index (χ2n) is 8.66. The Hall–Kier alpha value is -2.57. The van der Waals surface area contributed by atoms with Gasteiger partial charge in [0.15, 0.2) is 0 Å². The number of halogens is 3. The first kappa shape index (κ1) is 22.6. The van der Waals surface area contributed by atoms with Gasteiger partial charge in [-0.25, -0.2) is 0 Å². The van der Waals surface area contributed by atoms with E-state index >= 15 is 0 Å². The van der Waals surface area contributed by atoms with Gasteiger partial charge in [0.25, 0.3) is 5.91 Å². The molecule has 1 atom stereocenters. The minimum Gasteiger partial charge on any atom is -0.396 e. The molecule has 3 heterocycles. The van der Waals surface area contributed by atoms with Crippen LogP contribution in [0.3, 0.4) is 0 Å². The summed E-state index contributed by atoms with van der Waals surface area (Å²) in [6, 6.07) is 9.15. The molecule has 1 aromatic heterocycles. The van der Waals surface area contributed by atoms with Crippen LogP contribution in [-0.2, 0) is 6.18 Å². The van der Waals surface area contributed by atoms with Crippen LogP contribution in [-0.4, -0.2) is 48.7 Å². The number of piperidine rings is 1. The number of aryl methyl sites for hydroxylation is 1. The molecule has 5 nitrogen and oxygen atoms in total. The summed E-state index contributed by atoms with van der Waals surface area (Å²) in [6.07, 6.45) is -3.23. The Labute approximate surface area is 188 Å². The topological polar surface area (TPSA) is 67.6 Å². The Morgan fingerprint density at radius 3 is 2.56 bits per heavy atom. The van der Waals surface area contributed by atoms with Gasteiger partial charge in [0.1, 0.15) is 0 Å². The third-order valence-corrected chi connectivity index (χ3v) is 7.81. The maximum absolute atomic E-state index is 13.4. The molecule has 1 aromatic carbocycles. The SMILES string of the molecule is Cc1ccc(C(=O)N2CCC3(CC2)CN(c2ccc(C#N)c(C(F)(F)F)c2)CC3CO)s1. The van der Waals surface area contributed by atoms with Crippen molar-refractivity contribution in [1.82, 2.24) is 4.90 Å². The maximum Gasteiger partial charge on any atom is 0.417 e. The number of nitriles is 1. The fourth-order valence-corrected chi connectivity index (χ4v) is 5.80. The van der Waals surface area contributed by atoms with E-state index in [1.807, 2.05) is 28.9 Å². The Balaban J connectivity index is 1.52. The van der Waals surface area contributed by atoms with Gasteiger partial charge in [-0.3, -0.25) is 4.79 Å². The third kappa shape index (κ3) is 4.09. The number of alkyl halides is 3. The number of aliphatic hydroxyl groups excluding tert-OH is 1. The van der Waals surface area contributed by atoms with E-state index in [1.54, 1.807) is 12.1 Å². The van der Waals surface area contributed by atoms with Crippen molar-refractivity contribution in [1.29, 1.82) is 5.26 Å². The predicted octanol–water partition coefficient (Wildman–Crippen LogP) is 4.30. The largest absolute Gasteiger partial charge is 0.417 e. The van der Waals surface area contributed by atoms with Crippen LogP contribution < -0.4 is 4.90 Å². The first-order chi connectivity index (χ1) is 15.2. The molecule has 32 heavy (non-hydrogen) atoms. The van der Waals surface area contributed by atoms with E-state index in [0.717, 1.165) is 10.9 Å². The van der Waals surface area contributed by atoms with Gasteiger partial charge < -0.3 is 14.9 Å². The zero-order valence-electron chi connectivity index (χ0n) is 17.7. The fourth-order valence-electron chi connectivity index (χ4n) is 4.97. The van der Waals surface area contributed by atoms with E-state index in [1.165, 1.54) is 17.4 Å². The Bertz CT molecular complexity index is 1050. The van der Waals surface area contributed by atoms with Crippen LogP contribution in [0.5, 0.6) is 0 Å². The number of benzene rings is 1. The van der Waals surface area contributed by atoms with Gasteiger partial charge >= 0.3 is 6.18 Å². The Kier molecular flexibility index (Phi) is 5.94. The van der Waals surface area contributed by atoms with Crippen LogP contribution in [0.2, 0.25) is 0 Å². The summed E-state index contributed by atoms with van der Waals surface area (Å²) in [4.78, 5) is 18.3. The van der Waals surface area contributed by atoms with Crippen molar-refractivity contribution >= 4 is 22.9 Å². The number of hydrogen-bond acceptors (Lipinski definition) is 5. The van der Waals surface area contributed by atoms with Crippen molar-refractivity contribution in [3.05, 3.63) is 51.2 Å². The van der Waals surface area contributed by atoms with E-state index in [0.29, 0.717) is 49.6 Å². The molecule has 2 saturated heterocycles. The highest BCUT2D eigenvalue weighted by Crippen LogP contribution is 2.46. The van der Waals surface area contributed by atoms with E-state index in [2.05, 4.69) is 0 Å². The summed E-state index contributed by atoms with van der Waals surface area (Å²) < 4.78 is 40.2. The molecule has 4 rings (SSSR count). The molecule has 1 amide bonds. The number of anilines is 1. The van der Waals surface area contributed by atoms with Gasteiger partial charge in [0.05, 0.1) is 22.1 Å². The zero-order chi connectivity index (χ0) is 23.1. The standard InChI is InChI=1S/C23H24F3N3O2S/c1-15-2-5-20(32-15)21(31)28-8-6-22(7-9-28)14-29(12-17(22)13-30)18-4-3-16(11-27)19(10-18)23(24,25)26/h2-5,10,17,30H,6-9,12-14H2,1H3. The monoisotopic (exact) mass is 463 g/mol. The molecule has 2 aliphatic rings. The van der Waals surface area contributed by atoms with Gasteiger partial charge in [-0.05, 0) is 55.5 Å². The number of rotatable bonds is 3. The Morgan fingerprint density at radius 2 is 2.00 bits per heavy atom. The normalized spacial score (nSPS) is 20.6. The van der Waals surface area contributed by atoms with Crippen LogP contribution in [0.15, 0.2) is 30.3 Å². The average molecular weight is 464 g/mol. The van der Waals surface area contributed by atoms with Gasteiger partial charge in [-0.2, -0.15) is 18.4 Å². The van der Waals surface area contributed by atoms with Crippen LogP contribution >= 0.6 is 11.3 Å². The highest BCUT2D eigenvalue weighted by atomic mass is 32.1. The number of thiophene rings is 1. The van der Waals surface area contributed by atoms with Gasteiger partial charge in [-0.1, -0.05) is 0 Å². The summed E-state index contributed by atoms with van der Waals surface area (Å²) in [5.74, 6) is -0.0797. The maximum atomic E-state index is 13.4. The highest BCUT2D eigenvalue weighted by Gasteiger charge is 2.48. The predicted molar refractivity (Wildman–Crippen MR) is 116 cm³/mol. The summed E-state index contributed by atoms with van der Waals surface area (Å²) in [6.45, 7) is 3.97. The molecule has 2 aromatic rings. The van der Waals surface area contributed by atoms with E-state index < -0.39 is 17.3 Å². The number of hydrogen-bond donors (Lipinski definition) is 1. The molecule has 1 unspecified atom stereocenters. The van der Waals surface area contributed by atoms with Gasteiger partial charge in [0.2, 0.25) is 0 Å². The summed E-state index contributed by atoms with van der Waals surface area (Å²) >= 11 is 1.47. The third-order valence-electron chi connectivity index (χ3n) is 6.82. The molecule has 2 aliphatic heterocycles. The minimum absolute atomic E-state index is 0.00950. The second-order valence-corrected chi connectivity index (χ2v) is 9.95. The summed E-state index contributed by atoms with van der Waals surface area (Å²) in [5, 5.41) is 19.1. The van der Waals surface area contributed by atoms with E-state index in [-0.39, 0.29) is 23.8 Å². The lowest BCUT2D eigenvalue weighted by Crippen LogP contribution is -2.47. The number of carbonyl (C=O) groups excluding carboxylic acids is 1. The molecule has 0 bridgehead atoms. The summed E-state index contributed by atoms with van der Waals surface area (Å²) in [5.41, 5.74) is -1.20. The number of aliphatic hydroxyl groups is 1. The molecular formula is C23H24F3N3O2S. The quantitative estimate of drug-likeness (QED) is 0.737. The molecule has 0 radical (unpaired) electrons. The average Bonchev–Trinajstić information content (AvgIpc) is 3.36. The summed E-state index contributed by atoms with van der Waals surface area (Å²) in [7, 11) is 0. The number of carbonyl (C=O) groups is 1. The highest BCUT2D eigenvalue weighted by molar-refractivity contribution is 7.13. The lowest BCUT2D eigenvalue weighted by molar-refractivity contribution is -0.137. The van der Waals surface area contributed by atoms with Gasteiger partial charge in [0, 0.05) is 49.3 Å². The van der Waals surface area contributed by atoms with Crippen LogP contribution in [0.25, 0.3) is 0 Å². The molecule has 0 aliphatic carbocycles. The fraction of sp³-hybridized carbons (Fsp3) is 0.478. The van der Waals surface area contributed by atoms with Crippen molar-refractivity contribution < 1.29 is 23.1 Å². The van der Waals surface area contributed by atoms with Gasteiger partial charge in [-0.15, -0.1) is 11.3 Å². The molecule has 9 heteroatoms. The van der Waals surface area contributed by atoms with Crippen molar-refractivity contribution in [2.24, 2.45) is 11.3 Å². The van der Waals surface area contributed by atoms with Crippen LogP contribution in [0.1, 0.15) is 38.5 Å². The lowest BCUT2D eigenvalue weighted by atomic mass is 9.71. The molecule has 1 N–H and O–H groups in total. The second kappa shape index (κ2) is 8.41. The number of likely N-dealkylation sites (tertiary alicyclic amines) is 1. The molecule has 2 fully saturated rings. The molecule has 0 saturated carbocycles. The van der Waals surface area contributed by atoms with Crippen LogP contribution in [0.4, 0.5) is 18.9 Å². The van der Waals surface area contributed by atoms with Crippen LogP contribution in [0, 0.1) is 29.6 Å². The minimum atomic E-state index is -4.61. The first-order valence-corrected chi connectivity index (χ1v) is 11.3. The van der Waals surface area contributed by atoms with Crippen molar-refractivity contribution in [3.8, 4) is 6.07 Å². The van der Waals surface area contributed by atoms with Crippen molar-refractivity contribution in [3.63, 3.8) is 0 Å².